The van der Waals surface area contributed by atoms with E-state index in [0.717, 1.165) is 0 Å². The van der Waals surface area contributed by atoms with Crippen molar-refractivity contribution in [2.75, 3.05) is 42.3 Å². The maximum atomic E-state index is 12.6. The van der Waals surface area contributed by atoms with Gasteiger partial charge in [0.15, 0.2) is 22.9 Å². The fourth-order valence-electron chi connectivity index (χ4n) is 2.63. The van der Waals surface area contributed by atoms with Gasteiger partial charge in [-0.1, -0.05) is 0 Å². The van der Waals surface area contributed by atoms with Crippen molar-refractivity contribution < 1.29 is 24.6 Å². The molecule has 1 heterocycles. The number of aromatic hydroxyl groups is 2. The summed E-state index contributed by atoms with van der Waals surface area (Å²) >= 11 is 0. The topological polar surface area (TPSA) is 106 Å². The Morgan fingerprint density at radius 1 is 0.679 bits per heavy atom. The molecular weight excluding hydrogens is 364 g/mol. The molecule has 0 aliphatic carbocycles. The lowest BCUT2D eigenvalue weighted by molar-refractivity contribution is 0.0805. The number of hydrogen-bond acceptors (Lipinski definition) is 5. The lowest BCUT2D eigenvalue weighted by atomic mass is 10.1. The first-order chi connectivity index (χ1) is 13.0. The van der Waals surface area contributed by atoms with Crippen LogP contribution < -0.4 is 0 Å². The third-order valence-electron chi connectivity index (χ3n) is 4.12. The minimum atomic E-state index is -0.683. The van der Waals surface area contributed by atoms with Crippen LogP contribution in [0.1, 0.15) is 31.3 Å². The average Bonchev–Trinajstić information content (AvgIpc) is 2.90. The first-order valence-electron chi connectivity index (χ1n) is 8.41. The maximum absolute atomic E-state index is 12.6. The normalized spacial score (nSPS) is 10.5. The van der Waals surface area contributed by atoms with Crippen molar-refractivity contribution in [3.05, 3.63) is 41.2 Å². The van der Waals surface area contributed by atoms with Crippen LogP contribution in [0.4, 0.5) is 0 Å². The zero-order valence-corrected chi connectivity index (χ0v) is 16.7. The molecule has 3 amide bonds. The molecule has 9 heteroatoms. The van der Waals surface area contributed by atoms with Gasteiger partial charge in [-0.05, 0) is 24.3 Å². The fraction of sp³-hybridized carbons (Fsp3) is 0.316. The maximum Gasteiger partial charge on any atom is 0.274 e. The molecule has 0 bridgehead atoms. The zero-order chi connectivity index (χ0) is 21.3. The molecule has 28 heavy (non-hydrogen) atoms. The largest absolute Gasteiger partial charge is 0.503 e. The number of carbonyl (C=O) groups excluding carboxylic acids is 3. The minimum absolute atomic E-state index is 0.209. The summed E-state index contributed by atoms with van der Waals surface area (Å²) < 4.78 is 1.19. The highest BCUT2D eigenvalue weighted by Gasteiger charge is 2.33. The molecule has 0 fully saturated rings. The molecule has 0 spiro atoms. The highest BCUT2D eigenvalue weighted by atomic mass is 16.3. The number of carbonyl (C=O) groups is 3. The molecule has 2 aromatic rings. The van der Waals surface area contributed by atoms with Crippen LogP contribution in [0, 0.1) is 0 Å². The second-order valence-electron chi connectivity index (χ2n) is 6.88. The summed E-state index contributed by atoms with van der Waals surface area (Å²) in [5, 5.41) is 20.8. The van der Waals surface area contributed by atoms with E-state index in [1.807, 2.05) is 0 Å². The van der Waals surface area contributed by atoms with Gasteiger partial charge in [0.05, 0.1) is 0 Å². The Balaban J connectivity index is 2.76. The van der Waals surface area contributed by atoms with Crippen LogP contribution >= 0.6 is 0 Å². The second-order valence-corrected chi connectivity index (χ2v) is 6.88. The number of benzene rings is 1. The summed E-state index contributed by atoms with van der Waals surface area (Å²) in [6.07, 6.45) is 0. The summed E-state index contributed by atoms with van der Waals surface area (Å²) in [5.74, 6) is -2.77. The van der Waals surface area contributed by atoms with E-state index < -0.39 is 23.3 Å². The van der Waals surface area contributed by atoms with Gasteiger partial charge in [-0.25, -0.2) is 0 Å². The molecule has 0 radical (unpaired) electrons. The first-order valence-corrected chi connectivity index (χ1v) is 8.41. The molecule has 150 valence electrons. The van der Waals surface area contributed by atoms with Crippen molar-refractivity contribution in [1.29, 1.82) is 0 Å². The molecule has 2 rings (SSSR count). The minimum Gasteiger partial charge on any atom is -0.503 e. The lowest BCUT2D eigenvalue weighted by Gasteiger charge is -2.18. The fourth-order valence-corrected chi connectivity index (χ4v) is 2.63. The first kappa shape index (κ1) is 20.8. The van der Waals surface area contributed by atoms with Crippen molar-refractivity contribution in [1.82, 2.24) is 19.3 Å². The number of nitrogens with zero attached hydrogens (tertiary/aromatic N) is 4. The monoisotopic (exact) mass is 388 g/mol. The van der Waals surface area contributed by atoms with Crippen molar-refractivity contribution in [3.8, 4) is 17.2 Å². The Labute approximate surface area is 163 Å². The van der Waals surface area contributed by atoms with Crippen LogP contribution in [-0.2, 0) is 0 Å². The summed E-state index contributed by atoms with van der Waals surface area (Å²) in [7, 11) is 9.20. The van der Waals surface area contributed by atoms with Crippen molar-refractivity contribution in [2.45, 2.75) is 0 Å². The summed E-state index contributed by atoms with van der Waals surface area (Å²) in [5.41, 5.74) is 0.246. The van der Waals surface area contributed by atoms with Crippen LogP contribution in [0.3, 0.4) is 0 Å². The van der Waals surface area contributed by atoms with Gasteiger partial charge in [0.1, 0.15) is 0 Å². The van der Waals surface area contributed by atoms with Crippen LogP contribution in [0.15, 0.2) is 24.3 Å². The highest BCUT2D eigenvalue weighted by Crippen LogP contribution is 2.39. The van der Waals surface area contributed by atoms with E-state index in [2.05, 4.69) is 0 Å². The third kappa shape index (κ3) is 3.51. The number of aromatic nitrogens is 1. The Morgan fingerprint density at radius 3 is 1.36 bits per heavy atom. The van der Waals surface area contributed by atoms with Crippen LogP contribution in [0.2, 0.25) is 0 Å². The molecule has 9 nitrogen and oxygen atoms in total. The SMILES string of the molecule is CN(C)C(=O)c1ccc(-n2c(C(=O)N(C)C)c(O)c(O)c2C(=O)N(C)C)cc1. The summed E-state index contributed by atoms with van der Waals surface area (Å²) in [6, 6.07) is 6.15. The van der Waals surface area contributed by atoms with Gasteiger partial charge in [-0.15, -0.1) is 0 Å². The molecule has 1 aromatic carbocycles. The van der Waals surface area contributed by atoms with Crippen molar-refractivity contribution >= 4 is 17.7 Å². The van der Waals surface area contributed by atoms with E-state index in [-0.39, 0.29) is 17.3 Å². The Morgan fingerprint density at radius 2 is 1.04 bits per heavy atom. The van der Waals surface area contributed by atoms with Crippen molar-refractivity contribution in [2.24, 2.45) is 0 Å². The number of hydrogen-bond donors (Lipinski definition) is 2. The van der Waals surface area contributed by atoms with Gasteiger partial charge in [0.2, 0.25) is 0 Å². The molecule has 2 N–H and O–H groups in total. The number of amides is 3. The van der Waals surface area contributed by atoms with Gasteiger partial charge in [-0.3, -0.25) is 19.0 Å². The van der Waals surface area contributed by atoms with E-state index in [1.165, 1.54) is 59.6 Å². The van der Waals surface area contributed by atoms with E-state index >= 15 is 0 Å². The van der Waals surface area contributed by atoms with Crippen molar-refractivity contribution in [3.63, 3.8) is 0 Å². The highest BCUT2D eigenvalue weighted by molar-refractivity contribution is 6.04. The predicted molar refractivity (Wildman–Crippen MR) is 103 cm³/mol. The van der Waals surface area contributed by atoms with Gasteiger partial charge in [-0.2, -0.15) is 0 Å². The second kappa shape index (κ2) is 7.63. The van der Waals surface area contributed by atoms with Crippen LogP contribution in [-0.4, -0.2) is 89.5 Å². The molecule has 1 aromatic heterocycles. The number of rotatable bonds is 4. The quantitative estimate of drug-likeness (QED) is 0.813. The molecule has 0 atom stereocenters. The Hall–Kier alpha value is -3.49. The Kier molecular flexibility index (Phi) is 5.67. The predicted octanol–water partition coefficient (Wildman–Crippen LogP) is 0.994. The van der Waals surface area contributed by atoms with E-state index in [1.54, 1.807) is 26.2 Å². The van der Waals surface area contributed by atoms with E-state index in [9.17, 15) is 24.6 Å². The van der Waals surface area contributed by atoms with Gasteiger partial charge >= 0.3 is 0 Å². The van der Waals surface area contributed by atoms with E-state index in [0.29, 0.717) is 11.3 Å². The molecule has 0 aliphatic heterocycles. The van der Waals surface area contributed by atoms with E-state index in [4.69, 9.17) is 0 Å². The molecule has 0 saturated heterocycles. The molecule has 0 unspecified atom stereocenters. The van der Waals surface area contributed by atoms with Crippen LogP contribution in [0.25, 0.3) is 5.69 Å². The molecular formula is C19H24N4O5. The summed E-state index contributed by atoms with van der Waals surface area (Å²) in [6.45, 7) is 0. The van der Waals surface area contributed by atoms with Gasteiger partial charge in [0.25, 0.3) is 17.7 Å². The molecule has 0 aliphatic rings. The van der Waals surface area contributed by atoms with Crippen LogP contribution in [0.5, 0.6) is 11.5 Å². The standard InChI is InChI=1S/C19H24N4O5/c1-20(2)17(26)11-7-9-12(10-8-11)23-13(18(27)21(3)4)15(24)16(25)14(23)19(28)22(5)6/h7-10,24-25H,1-6H3. The van der Waals surface area contributed by atoms with Gasteiger partial charge < -0.3 is 24.9 Å². The average molecular weight is 388 g/mol. The smallest absolute Gasteiger partial charge is 0.274 e. The summed E-state index contributed by atoms with van der Waals surface area (Å²) in [4.78, 5) is 41.2. The molecule has 0 saturated carbocycles. The van der Waals surface area contributed by atoms with Gasteiger partial charge in [0, 0.05) is 53.5 Å². The zero-order valence-electron chi connectivity index (χ0n) is 16.7. The Bertz CT molecular complexity index is 883. The third-order valence-corrected chi connectivity index (χ3v) is 4.12. The lowest BCUT2D eigenvalue weighted by Crippen LogP contribution is -2.28.